The van der Waals surface area contributed by atoms with Gasteiger partial charge in [0.05, 0.1) is 0 Å². The standard InChI is InChI=1S/C5H10O3/c1-3-5(7)8-4(2)6/h5,7H,3H2,1-2H3. The highest BCUT2D eigenvalue weighted by Crippen LogP contribution is 1.90. The first kappa shape index (κ1) is 7.43. The Morgan fingerprint density at radius 1 is 1.88 bits per heavy atom. The zero-order valence-electron chi connectivity index (χ0n) is 5.05. The molecule has 8 heavy (non-hydrogen) atoms. The van der Waals surface area contributed by atoms with Gasteiger partial charge >= 0.3 is 5.97 Å². The van der Waals surface area contributed by atoms with Crippen molar-refractivity contribution in [3.8, 4) is 0 Å². The molecule has 48 valence electrons. The fourth-order valence-corrected chi connectivity index (χ4v) is 0.275. The Kier molecular flexibility index (Phi) is 3.19. The lowest BCUT2D eigenvalue weighted by molar-refractivity contribution is -0.165. The lowest BCUT2D eigenvalue weighted by Gasteiger charge is -2.05. The third-order valence-electron chi connectivity index (χ3n) is 0.651. The summed E-state index contributed by atoms with van der Waals surface area (Å²) in [5, 5.41) is 8.59. The van der Waals surface area contributed by atoms with Crippen molar-refractivity contribution in [2.75, 3.05) is 0 Å². The summed E-state index contributed by atoms with van der Waals surface area (Å²) >= 11 is 0. The Hall–Kier alpha value is -0.570. The summed E-state index contributed by atoms with van der Waals surface area (Å²) in [6, 6.07) is 0. The first-order valence-electron chi connectivity index (χ1n) is 2.52. The molecule has 0 aliphatic rings. The number of aliphatic hydroxyl groups is 1. The third kappa shape index (κ3) is 3.61. The molecule has 1 unspecified atom stereocenters. The largest absolute Gasteiger partial charge is 0.436 e. The summed E-state index contributed by atoms with van der Waals surface area (Å²) in [5.41, 5.74) is 0. The van der Waals surface area contributed by atoms with Crippen molar-refractivity contribution < 1.29 is 14.6 Å². The monoisotopic (exact) mass is 118 g/mol. The van der Waals surface area contributed by atoms with Crippen molar-refractivity contribution in [2.45, 2.75) is 26.6 Å². The van der Waals surface area contributed by atoms with Crippen LogP contribution in [0.4, 0.5) is 0 Å². The minimum atomic E-state index is -0.924. The lowest BCUT2D eigenvalue weighted by atomic mass is 10.5. The van der Waals surface area contributed by atoms with E-state index in [2.05, 4.69) is 4.74 Å². The molecule has 0 bridgehead atoms. The van der Waals surface area contributed by atoms with E-state index in [4.69, 9.17) is 5.11 Å². The highest BCUT2D eigenvalue weighted by molar-refractivity contribution is 5.65. The average Bonchev–Trinajstić information content (AvgIpc) is 1.65. The summed E-state index contributed by atoms with van der Waals surface area (Å²) in [4.78, 5) is 10.0. The van der Waals surface area contributed by atoms with Crippen molar-refractivity contribution >= 4 is 5.97 Å². The second-order valence-corrected chi connectivity index (χ2v) is 1.47. The van der Waals surface area contributed by atoms with Crippen LogP contribution in [0.5, 0.6) is 0 Å². The molecular formula is C5H10O3. The number of carbonyl (C=O) groups is 1. The van der Waals surface area contributed by atoms with Crippen LogP contribution in [0.3, 0.4) is 0 Å². The van der Waals surface area contributed by atoms with Crippen molar-refractivity contribution in [1.29, 1.82) is 0 Å². The quantitative estimate of drug-likeness (QED) is 0.418. The van der Waals surface area contributed by atoms with E-state index >= 15 is 0 Å². The van der Waals surface area contributed by atoms with Gasteiger partial charge in [-0.05, 0) is 0 Å². The maximum absolute atomic E-state index is 10.0. The maximum Gasteiger partial charge on any atom is 0.304 e. The van der Waals surface area contributed by atoms with E-state index in [1.807, 2.05) is 0 Å². The van der Waals surface area contributed by atoms with E-state index in [9.17, 15) is 4.79 Å². The molecule has 0 saturated carbocycles. The third-order valence-corrected chi connectivity index (χ3v) is 0.651. The van der Waals surface area contributed by atoms with Gasteiger partial charge in [-0.25, -0.2) is 0 Å². The van der Waals surface area contributed by atoms with Crippen LogP contribution < -0.4 is 0 Å². The Balaban J connectivity index is 3.24. The van der Waals surface area contributed by atoms with E-state index in [-0.39, 0.29) is 0 Å². The number of aliphatic hydroxyl groups excluding tert-OH is 1. The zero-order chi connectivity index (χ0) is 6.57. The number of hydrogen-bond acceptors (Lipinski definition) is 3. The van der Waals surface area contributed by atoms with Crippen LogP contribution >= 0.6 is 0 Å². The summed E-state index contributed by atoms with van der Waals surface area (Å²) in [7, 11) is 0. The molecule has 0 rings (SSSR count). The van der Waals surface area contributed by atoms with Gasteiger partial charge in [0.1, 0.15) is 0 Å². The van der Waals surface area contributed by atoms with Crippen LogP contribution in [0.2, 0.25) is 0 Å². The minimum Gasteiger partial charge on any atom is -0.436 e. The molecule has 0 amide bonds. The van der Waals surface area contributed by atoms with E-state index in [0.29, 0.717) is 6.42 Å². The summed E-state index contributed by atoms with van der Waals surface area (Å²) in [6.07, 6.45) is -0.480. The molecule has 0 aromatic rings. The maximum atomic E-state index is 10.0. The molecule has 0 aliphatic heterocycles. The first-order valence-corrected chi connectivity index (χ1v) is 2.52. The lowest BCUT2D eigenvalue weighted by Crippen LogP contribution is -2.13. The summed E-state index contributed by atoms with van der Waals surface area (Å²) in [6.45, 7) is 2.99. The second-order valence-electron chi connectivity index (χ2n) is 1.47. The van der Waals surface area contributed by atoms with Gasteiger partial charge in [-0.1, -0.05) is 6.92 Å². The van der Waals surface area contributed by atoms with Crippen LogP contribution in [0.25, 0.3) is 0 Å². The first-order chi connectivity index (χ1) is 3.66. The van der Waals surface area contributed by atoms with Crippen LogP contribution in [0.1, 0.15) is 20.3 Å². The van der Waals surface area contributed by atoms with Crippen LogP contribution in [-0.4, -0.2) is 17.4 Å². The van der Waals surface area contributed by atoms with Crippen molar-refractivity contribution in [1.82, 2.24) is 0 Å². The number of rotatable bonds is 2. The predicted molar refractivity (Wildman–Crippen MR) is 28.1 cm³/mol. The van der Waals surface area contributed by atoms with Crippen molar-refractivity contribution in [3.05, 3.63) is 0 Å². The molecule has 0 saturated heterocycles. The molecule has 0 fully saturated rings. The normalized spacial score (nSPS) is 12.9. The summed E-state index contributed by atoms with van der Waals surface area (Å²) < 4.78 is 4.32. The predicted octanol–water partition coefficient (Wildman–Crippen LogP) is 0.278. The molecule has 0 heterocycles. The van der Waals surface area contributed by atoms with Gasteiger partial charge in [-0.2, -0.15) is 0 Å². The molecule has 3 nitrogen and oxygen atoms in total. The van der Waals surface area contributed by atoms with Gasteiger partial charge < -0.3 is 9.84 Å². The van der Waals surface area contributed by atoms with Gasteiger partial charge in [-0.15, -0.1) is 0 Å². The minimum absolute atomic E-state index is 0.444. The number of esters is 1. The number of hydrogen-bond donors (Lipinski definition) is 1. The van der Waals surface area contributed by atoms with Crippen LogP contribution in [-0.2, 0) is 9.53 Å². The van der Waals surface area contributed by atoms with E-state index in [1.165, 1.54) is 6.92 Å². The molecule has 0 spiro atoms. The van der Waals surface area contributed by atoms with E-state index < -0.39 is 12.3 Å². The van der Waals surface area contributed by atoms with Crippen molar-refractivity contribution in [2.24, 2.45) is 0 Å². The van der Waals surface area contributed by atoms with Crippen LogP contribution in [0, 0.1) is 0 Å². The Labute approximate surface area is 48.3 Å². The highest BCUT2D eigenvalue weighted by atomic mass is 16.6. The molecular weight excluding hydrogens is 108 g/mol. The molecule has 3 heteroatoms. The number of ether oxygens (including phenoxy) is 1. The van der Waals surface area contributed by atoms with Gasteiger partial charge in [-0.3, -0.25) is 4.79 Å². The topological polar surface area (TPSA) is 46.5 Å². The Morgan fingerprint density at radius 2 is 2.38 bits per heavy atom. The molecule has 1 atom stereocenters. The fraction of sp³-hybridized carbons (Fsp3) is 0.800. The number of carbonyl (C=O) groups excluding carboxylic acids is 1. The van der Waals surface area contributed by atoms with E-state index in [1.54, 1.807) is 6.92 Å². The molecule has 0 aromatic carbocycles. The van der Waals surface area contributed by atoms with Gasteiger partial charge in [0, 0.05) is 13.3 Å². The van der Waals surface area contributed by atoms with Crippen molar-refractivity contribution in [3.63, 3.8) is 0 Å². The Bertz CT molecular complexity index is 79.7. The van der Waals surface area contributed by atoms with Gasteiger partial charge in [0.25, 0.3) is 0 Å². The highest BCUT2D eigenvalue weighted by Gasteiger charge is 2.00. The SMILES string of the molecule is CCC(O)OC(C)=O. The van der Waals surface area contributed by atoms with Crippen LogP contribution in [0.15, 0.2) is 0 Å². The molecule has 0 aromatic heterocycles. The van der Waals surface area contributed by atoms with Gasteiger partial charge in [0.2, 0.25) is 0 Å². The smallest absolute Gasteiger partial charge is 0.304 e. The second kappa shape index (κ2) is 3.43. The average molecular weight is 118 g/mol. The summed E-state index contributed by atoms with van der Waals surface area (Å²) in [5.74, 6) is -0.445. The van der Waals surface area contributed by atoms with Gasteiger partial charge in [0.15, 0.2) is 6.29 Å². The fourth-order valence-electron chi connectivity index (χ4n) is 0.275. The Morgan fingerprint density at radius 3 is 2.50 bits per heavy atom. The zero-order valence-corrected chi connectivity index (χ0v) is 5.05. The molecule has 0 aliphatic carbocycles. The molecule has 0 radical (unpaired) electrons. The van der Waals surface area contributed by atoms with E-state index in [0.717, 1.165) is 0 Å². The molecule has 1 N–H and O–H groups in total.